The van der Waals surface area contributed by atoms with E-state index in [2.05, 4.69) is 23.3 Å². The van der Waals surface area contributed by atoms with Crippen LogP contribution in [0.3, 0.4) is 0 Å². The smallest absolute Gasteiger partial charge is 0.0463 e. The van der Waals surface area contributed by atoms with Crippen molar-refractivity contribution in [1.29, 1.82) is 0 Å². The van der Waals surface area contributed by atoms with Crippen molar-refractivity contribution >= 4 is 0 Å². The maximum Gasteiger partial charge on any atom is 0.0463 e. The lowest BCUT2D eigenvalue weighted by molar-refractivity contribution is 0.486. The minimum Gasteiger partial charge on any atom is -0.309 e. The predicted molar refractivity (Wildman–Crippen MR) is 49.0 cm³/mol. The molecular formula is C10H14N2. The van der Waals surface area contributed by atoms with Gasteiger partial charge in [0.25, 0.3) is 0 Å². The van der Waals surface area contributed by atoms with Crippen molar-refractivity contribution in [2.45, 2.75) is 25.8 Å². The maximum atomic E-state index is 4.38. The van der Waals surface area contributed by atoms with Crippen molar-refractivity contribution in [3.63, 3.8) is 0 Å². The van der Waals surface area contributed by atoms with Crippen molar-refractivity contribution in [3.05, 3.63) is 29.6 Å². The molecule has 2 heteroatoms. The van der Waals surface area contributed by atoms with Gasteiger partial charge in [0.2, 0.25) is 0 Å². The van der Waals surface area contributed by atoms with Crippen LogP contribution in [0.15, 0.2) is 18.3 Å². The highest BCUT2D eigenvalue weighted by molar-refractivity contribution is 5.26. The van der Waals surface area contributed by atoms with E-state index in [4.69, 9.17) is 0 Å². The predicted octanol–water partition coefficient (Wildman–Crippen LogP) is 1.68. The van der Waals surface area contributed by atoms with E-state index >= 15 is 0 Å². The van der Waals surface area contributed by atoms with Crippen molar-refractivity contribution < 1.29 is 0 Å². The number of rotatable bonds is 1. The molecule has 0 aliphatic carbocycles. The van der Waals surface area contributed by atoms with Gasteiger partial charge in [0.1, 0.15) is 0 Å². The number of pyridine rings is 1. The molecule has 2 rings (SSSR count). The van der Waals surface area contributed by atoms with Gasteiger partial charge in [-0.05, 0) is 18.1 Å². The van der Waals surface area contributed by atoms with Crippen molar-refractivity contribution in [2.75, 3.05) is 6.54 Å². The molecule has 0 amide bonds. The molecule has 1 atom stereocenters. The summed E-state index contributed by atoms with van der Waals surface area (Å²) in [5.74, 6) is 0. The third-order valence-electron chi connectivity index (χ3n) is 2.46. The minimum atomic E-state index is 0.530. The Morgan fingerprint density at radius 1 is 1.67 bits per heavy atom. The van der Waals surface area contributed by atoms with Crippen LogP contribution in [0.1, 0.15) is 30.6 Å². The van der Waals surface area contributed by atoms with Crippen LogP contribution in [-0.2, 0) is 6.42 Å². The Morgan fingerprint density at radius 2 is 2.58 bits per heavy atom. The molecule has 0 spiro atoms. The summed E-state index contributed by atoms with van der Waals surface area (Å²) in [7, 11) is 0. The first kappa shape index (κ1) is 7.74. The van der Waals surface area contributed by atoms with E-state index in [0.717, 1.165) is 19.4 Å². The summed E-state index contributed by atoms with van der Waals surface area (Å²) < 4.78 is 0. The van der Waals surface area contributed by atoms with Crippen LogP contribution in [0.25, 0.3) is 0 Å². The van der Waals surface area contributed by atoms with Gasteiger partial charge in [-0.25, -0.2) is 0 Å². The molecule has 0 bridgehead atoms. The SMILES string of the molecule is CCC1NCCc2ncccc21. The average molecular weight is 162 g/mol. The summed E-state index contributed by atoms with van der Waals surface area (Å²) in [6.45, 7) is 3.28. The first-order chi connectivity index (χ1) is 5.92. The van der Waals surface area contributed by atoms with E-state index in [0.29, 0.717) is 6.04 Å². The van der Waals surface area contributed by atoms with Crippen molar-refractivity contribution in [2.24, 2.45) is 0 Å². The summed E-state index contributed by atoms with van der Waals surface area (Å²) >= 11 is 0. The molecule has 0 radical (unpaired) electrons. The second-order valence-corrected chi connectivity index (χ2v) is 3.20. The Bertz CT molecular complexity index is 270. The Labute approximate surface area is 73.0 Å². The van der Waals surface area contributed by atoms with E-state index < -0.39 is 0 Å². The molecule has 0 saturated heterocycles. The first-order valence-corrected chi connectivity index (χ1v) is 4.59. The first-order valence-electron chi connectivity index (χ1n) is 4.59. The summed E-state index contributed by atoms with van der Waals surface area (Å²) in [5, 5.41) is 3.48. The average Bonchev–Trinajstić information content (AvgIpc) is 2.17. The molecule has 0 fully saturated rings. The molecule has 1 aromatic heterocycles. The summed E-state index contributed by atoms with van der Waals surface area (Å²) in [5.41, 5.74) is 2.68. The molecule has 2 nitrogen and oxygen atoms in total. The molecule has 1 aromatic rings. The van der Waals surface area contributed by atoms with Gasteiger partial charge in [-0.3, -0.25) is 4.98 Å². The van der Waals surface area contributed by atoms with Gasteiger partial charge < -0.3 is 5.32 Å². The Kier molecular flexibility index (Phi) is 2.09. The molecule has 1 unspecified atom stereocenters. The van der Waals surface area contributed by atoms with Crippen LogP contribution in [0.2, 0.25) is 0 Å². The van der Waals surface area contributed by atoms with Gasteiger partial charge in [0.15, 0.2) is 0 Å². The van der Waals surface area contributed by atoms with E-state index in [1.54, 1.807) is 0 Å². The monoisotopic (exact) mass is 162 g/mol. The molecule has 1 N–H and O–H groups in total. The van der Waals surface area contributed by atoms with Gasteiger partial charge in [0, 0.05) is 30.9 Å². The summed E-state index contributed by atoms with van der Waals surface area (Å²) in [6, 6.07) is 4.74. The van der Waals surface area contributed by atoms with Gasteiger partial charge in [-0.2, -0.15) is 0 Å². The van der Waals surface area contributed by atoms with E-state index in [1.807, 2.05) is 12.3 Å². The fourth-order valence-electron chi connectivity index (χ4n) is 1.82. The summed E-state index contributed by atoms with van der Waals surface area (Å²) in [4.78, 5) is 4.38. The number of hydrogen-bond donors (Lipinski definition) is 1. The third kappa shape index (κ3) is 1.23. The van der Waals surface area contributed by atoms with Crippen LogP contribution in [-0.4, -0.2) is 11.5 Å². The highest BCUT2D eigenvalue weighted by Crippen LogP contribution is 2.22. The van der Waals surface area contributed by atoms with Crippen LogP contribution in [0.4, 0.5) is 0 Å². The van der Waals surface area contributed by atoms with Crippen molar-refractivity contribution in [1.82, 2.24) is 10.3 Å². The second-order valence-electron chi connectivity index (χ2n) is 3.20. The van der Waals surface area contributed by atoms with Crippen LogP contribution in [0.5, 0.6) is 0 Å². The molecule has 12 heavy (non-hydrogen) atoms. The highest BCUT2D eigenvalue weighted by atomic mass is 14.9. The van der Waals surface area contributed by atoms with Crippen LogP contribution < -0.4 is 5.32 Å². The molecule has 0 saturated carbocycles. The fourth-order valence-corrected chi connectivity index (χ4v) is 1.82. The zero-order chi connectivity index (χ0) is 8.39. The van der Waals surface area contributed by atoms with Crippen LogP contribution in [0, 0.1) is 0 Å². The number of aromatic nitrogens is 1. The zero-order valence-electron chi connectivity index (χ0n) is 7.38. The topological polar surface area (TPSA) is 24.9 Å². The largest absolute Gasteiger partial charge is 0.309 e. The Balaban J connectivity index is 2.37. The standard InChI is InChI=1S/C10H14N2/c1-2-9-8-4-3-6-11-10(8)5-7-12-9/h3-4,6,9,12H,2,5,7H2,1H3. The molecule has 2 heterocycles. The van der Waals surface area contributed by atoms with Gasteiger partial charge in [0.05, 0.1) is 0 Å². The number of hydrogen-bond acceptors (Lipinski definition) is 2. The Hall–Kier alpha value is -0.890. The lowest BCUT2D eigenvalue weighted by atomic mass is 9.97. The minimum absolute atomic E-state index is 0.530. The van der Waals surface area contributed by atoms with Gasteiger partial charge in [-0.1, -0.05) is 13.0 Å². The van der Waals surface area contributed by atoms with Gasteiger partial charge in [-0.15, -0.1) is 0 Å². The normalized spacial score (nSPS) is 21.9. The highest BCUT2D eigenvalue weighted by Gasteiger charge is 2.17. The van der Waals surface area contributed by atoms with E-state index in [-0.39, 0.29) is 0 Å². The molecule has 1 aliphatic rings. The molecule has 0 aromatic carbocycles. The number of fused-ring (bicyclic) bond motifs is 1. The number of nitrogens with one attached hydrogen (secondary N) is 1. The number of nitrogens with zero attached hydrogens (tertiary/aromatic N) is 1. The quantitative estimate of drug-likeness (QED) is 0.679. The summed E-state index contributed by atoms with van der Waals surface area (Å²) in [6.07, 6.45) is 4.11. The molecular weight excluding hydrogens is 148 g/mol. The lowest BCUT2D eigenvalue weighted by Crippen LogP contribution is -2.29. The lowest BCUT2D eigenvalue weighted by Gasteiger charge is -2.24. The maximum absolute atomic E-state index is 4.38. The van der Waals surface area contributed by atoms with E-state index in [9.17, 15) is 0 Å². The third-order valence-corrected chi connectivity index (χ3v) is 2.46. The fraction of sp³-hybridized carbons (Fsp3) is 0.500. The van der Waals surface area contributed by atoms with Crippen molar-refractivity contribution in [3.8, 4) is 0 Å². The van der Waals surface area contributed by atoms with Gasteiger partial charge >= 0.3 is 0 Å². The zero-order valence-corrected chi connectivity index (χ0v) is 7.38. The second kappa shape index (κ2) is 3.23. The molecule has 1 aliphatic heterocycles. The Morgan fingerprint density at radius 3 is 3.42 bits per heavy atom. The molecule has 64 valence electrons. The van der Waals surface area contributed by atoms with E-state index in [1.165, 1.54) is 11.3 Å². The van der Waals surface area contributed by atoms with Crippen LogP contribution >= 0.6 is 0 Å².